The number of rotatable bonds is 3. The lowest BCUT2D eigenvalue weighted by atomic mass is 10.0. The number of likely N-dealkylation sites (N-methyl/N-ethyl adjacent to an activating group) is 1. The van der Waals surface area contributed by atoms with Crippen LogP contribution in [-0.4, -0.2) is 42.0 Å². The lowest BCUT2D eigenvalue weighted by Crippen LogP contribution is -2.47. The van der Waals surface area contributed by atoms with Crippen LogP contribution in [0.2, 0.25) is 0 Å². The molecule has 5 nitrogen and oxygen atoms in total. The van der Waals surface area contributed by atoms with Crippen molar-refractivity contribution < 1.29 is 9.21 Å². The molecule has 0 spiro atoms. The van der Waals surface area contributed by atoms with Crippen molar-refractivity contribution >= 4 is 5.91 Å². The first-order chi connectivity index (χ1) is 10.7. The van der Waals surface area contributed by atoms with Crippen molar-refractivity contribution in [3.05, 3.63) is 41.8 Å². The monoisotopic (exact) mass is 299 g/mol. The van der Waals surface area contributed by atoms with E-state index in [1.807, 2.05) is 43.1 Å². The number of pyridine rings is 1. The second-order valence-electron chi connectivity index (χ2n) is 5.69. The molecule has 0 aromatic carbocycles. The molecule has 2 aromatic rings. The number of hydrogen-bond donors (Lipinski definition) is 1. The highest BCUT2D eigenvalue weighted by atomic mass is 16.3. The SMILES string of the molecule is CNC1CCCN(C(=O)c2ccc(-c3ccco3)nc2C)C1. The van der Waals surface area contributed by atoms with Crippen molar-refractivity contribution in [2.45, 2.75) is 25.8 Å². The van der Waals surface area contributed by atoms with Crippen LogP contribution in [0.5, 0.6) is 0 Å². The molecule has 5 heteroatoms. The number of amides is 1. The lowest BCUT2D eigenvalue weighted by molar-refractivity contribution is 0.0697. The minimum atomic E-state index is 0.0657. The van der Waals surface area contributed by atoms with Gasteiger partial charge in [0.1, 0.15) is 5.69 Å². The Morgan fingerprint density at radius 1 is 1.41 bits per heavy atom. The quantitative estimate of drug-likeness (QED) is 0.946. The number of carbonyl (C=O) groups is 1. The molecule has 116 valence electrons. The summed E-state index contributed by atoms with van der Waals surface area (Å²) in [5.74, 6) is 0.784. The van der Waals surface area contributed by atoms with Crippen molar-refractivity contribution in [2.24, 2.45) is 0 Å². The van der Waals surface area contributed by atoms with Gasteiger partial charge in [-0.2, -0.15) is 0 Å². The fourth-order valence-electron chi connectivity index (χ4n) is 2.92. The molecule has 0 radical (unpaired) electrons. The Labute approximate surface area is 130 Å². The van der Waals surface area contributed by atoms with Crippen LogP contribution >= 0.6 is 0 Å². The van der Waals surface area contributed by atoms with Gasteiger partial charge in [-0.3, -0.25) is 4.79 Å². The van der Waals surface area contributed by atoms with E-state index in [4.69, 9.17) is 4.42 Å². The Hall–Kier alpha value is -2.14. The van der Waals surface area contributed by atoms with Crippen LogP contribution in [-0.2, 0) is 0 Å². The fraction of sp³-hybridized carbons (Fsp3) is 0.412. The molecule has 1 aliphatic heterocycles. The van der Waals surface area contributed by atoms with Gasteiger partial charge >= 0.3 is 0 Å². The third kappa shape index (κ3) is 2.90. The van der Waals surface area contributed by atoms with E-state index >= 15 is 0 Å². The standard InChI is InChI=1S/C17H21N3O2/c1-12-14(7-8-15(19-12)16-6-4-10-22-16)17(21)20-9-3-5-13(11-20)18-2/h4,6-8,10,13,18H,3,5,9,11H2,1-2H3. The number of hydrogen-bond acceptors (Lipinski definition) is 4. The van der Waals surface area contributed by atoms with Gasteiger partial charge in [0.05, 0.1) is 17.5 Å². The van der Waals surface area contributed by atoms with Gasteiger partial charge in [-0.1, -0.05) is 0 Å². The molecule has 0 saturated carbocycles. The van der Waals surface area contributed by atoms with E-state index in [0.717, 1.165) is 43.1 Å². The maximum absolute atomic E-state index is 12.7. The number of piperidine rings is 1. The van der Waals surface area contributed by atoms with Gasteiger partial charge in [0, 0.05) is 19.1 Å². The van der Waals surface area contributed by atoms with E-state index in [0.29, 0.717) is 11.6 Å². The highest BCUT2D eigenvalue weighted by Crippen LogP contribution is 2.21. The predicted molar refractivity (Wildman–Crippen MR) is 84.7 cm³/mol. The highest BCUT2D eigenvalue weighted by molar-refractivity contribution is 5.95. The zero-order valence-electron chi connectivity index (χ0n) is 13.0. The molecular formula is C17H21N3O2. The summed E-state index contributed by atoms with van der Waals surface area (Å²) in [6, 6.07) is 7.78. The molecule has 1 fully saturated rings. The third-order valence-electron chi connectivity index (χ3n) is 4.21. The van der Waals surface area contributed by atoms with Crippen LogP contribution in [0.1, 0.15) is 28.9 Å². The number of furan rings is 1. The zero-order valence-corrected chi connectivity index (χ0v) is 13.0. The Bertz CT molecular complexity index is 652. The summed E-state index contributed by atoms with van der Waals surface area (Å²) in [6.07, 6.45) is 3.78. The van der Waals surface area contributed by atoms with Gasteiger partial charge < -0.3 is 14.6 Å². The molecule has 2 aromatic heterocycles. The number of nitrogens with zero attached hydrogens (tertiary/aromatic N) is 2. The Morgan fingerprint density at radius 3 is 2.95 bits per heavy atom. The van der Waals surface area contributed by atoms with Gasteiger partial charge in [-0.05, 0) is 51.1 Å². The van der Waals surface area contributed by atoms with Crippen LogP contribution in [0, 0.1) is 6.92 Å². The normalized spacial score (nSPS) is 18.5. The van der Waals surface area contributed by atoms with Crippen molar-refractivity contribution in [3.63, 3.8) is 0 Å². The summed E-state index contributed by atoms with van der Waals surface area (Å²) in [4.78, 5) is 19.1. The summed E-state index contributed by atoms with van der Waals surface area (Å²) in [5, 5.41) is 3.26. The summed E-state index contributed by atoms with van der Waals surface area (Å²) in [6.45, 7) is 3.45. The molecular weight excluding hydrogens is 278 g/mol. The molecule has 22 heavy (non-hydrogen) atoms. The van der Waals surface area contributed by atoms with Gasteiger partial charge in [-0.25, -0.2) is 4.98 Å². The predicted octanol–water partition coefficient (Wildman–Crippen LogP) is 2.47. The second kappa shape index (κ2) is 6.32. The van der Waals surface area contributed by atoms with E-state index in [-0.39, 0.29) is 5.91 Å². The van der Waals surface area contributed by atoms with Gasteiger partial charge in [0.2, 0.25) is 0 Å². The first-order valence-corrected chi connectivity index (χ1v) is 7.67. The molecule has 1 saturated heterocycles. The summed E-state index contributed by atoms with van der Waals surface area (Å²) < 4.78 is 5.35. The van der Waals surface area contributed by atoms with Crippen molar-refractivity contribution in [2.75, 3.05) is 20.1 Å². The molecule has 0 aliphatic carbocycles. The molecule has 1 atom stereocenters. The molecule has 3 heterocycles. The van der Waals surface area contributed by atoms with Crippen molar-refractivity contribution in [1.29, 1.82) is 0 Å². The van der Waals surface area contributed by atoms with Crippen LogP contribution in [0.4, 0.5) is 0 Å². The van der Waals surface area contributed by atoms with Gasteiger partial charge in [0.25, 0.3) is 5.91 Å². The Kier molecular flexibility index (Phi) is 4.24. The van der Waals surface area contributed by atoms with Crippen molar-refractivity contribution in [1.82, 2.24) is 15.2 Å². The maximum atomic E-state index is 12.7. The maximum Gasteiger partial charge on any atom is 0.255 e. The Morgan fingerprint density at radius 2 is 2.27 bits per heavy atom. The average Bonchev–Trinajstić information content (AvgIpc) is 3.08. The summed E-state index contributed by atoms with van der Waals surface area (Å²) >= 11 is 0. The fourth-order valence-corrected chi connectivity index (χ4v) is 2.92. The number of likely N-dealkylation sites (tertiary alicyclic amines) is 1. The largest absolute Gasteiger partial charge is 0.463 e. The van der Waals surface area contributed by atoms with Crippen molar-refractivity contribution in [3.8, 4) is 11.5 Å². The molecule has 1 unspecified atom stereocenters. The van der Waals surface area contributed by atoms with Crippen LogP contribution in [0.25, 0.3) is 11.5 Å². The molecule has 1 N–H and O–H groups in total. The van der Waals surface area contributed by atoms with Gasteiger partial charge in [-0.15, -0.1) is 0 Å². The minimum absolute atomic E-state index is 0.0657. The second-order valence-corrected chi connectivity index (χ2v) is 5.69. The molecule has 3 rings (SSSR count). The molecule has 1 aliphatic rings. The van der Waals surface area contributed by atoms with E-state index in [2.05, 4.69) is 10.3 Å². The topological polar surface area (TPSA) is 58.4 Å². The van der Waals surface area contributed by atoms with Crippen LogP contribution in [0.3, 0.4) is 0 Å². The highest BCUT2D eigenvalue weighted by Gasteiger charge is 2.25. The lowest BCUT2D eigenvalue weighted by Gasteiger charge is -2.32. The average molecular weight is 299 g/mol. The first-order valence-electron chi connectivity index (χ1n) is 7.67. The smallest absolute Gasteiger partial charge is 0.255 e. The van der Waals surface area contributed by atoms with E-state index in [1.54, 1.807) is 6.26 Å². The minimum Gasteiger partial charge on any atom is -0.463 e. The molecule has 0 bridgehead atoms. The summed E-state index contributed by atoms with van der Waals surface area (Å²) in [5.41, 5.74) is 2.17. The van der Waals surface area contributed by atoms with Gasteiger partial charge in [0.15, 0.2) is 5.76 Å². The molecule has 1 amide bonds. The zero-order chi connectivity index (χ0) is 15.5. The number of carbonyl (C=O) groups excluding carboxylic acids is 1. The number of nitrogens with one attached hydrogen (secondary N) is 1. The van der Waals surface area contributed by atoms with E-state index in [9.17, 15) is 4.79 Å². The number of aryl methyl sites for hydroxylation is 1. The van der Waals surface area contributed by atoms with Crippen LogP contribution in [0.15, 0.2) is 34.9 Å². The van der Waals surface area contributed by atoms with E-state index in [1.165, 1.54) is 0 Å². The Balaban J connectivity index is 1.81. The van der Waals surface area contributed by atoms with E-state index < -0.39 is 0 Å². The number of aromatic nitrogens is 1. The summed E-state index contributed by atoms with van der Waals surface area (Å²) in [7, 11) is 1.95. The first kappa shape index (κ1) is 14.8. The third-order valence-corrected chi connectivity index (χ3v) is 4.21. The van der Waals surface area contributed by atoms with Crippen LogP contribution < -0.4 is 5.32 Å².